The number of hydrogen-bond donors (Lipinski definition) is 3. The highest BCUT2D eigenvalue weighted by Gasteiger charge is 2.47. The smallest absolute Gasteiger partial charge is 0.388 e. The lowest BCUT2D eigenvalue weighted by Gasteiger charge is -2.30. The van der Waals surface area contributed by atoms with E-state index in [1.165, 1.54) is 13.8 Å². The Morgan fingerprint density at radius 2 is 1.94 bits per heavy atom. The molecule has 1 rings (SSSR count). The van der Waals surface area contributed by atoms with E-state index in [0.717, 1.165) is 0 Å². The average Bonchev–Trinajstić information content (AvgIpc) is 2.44. The highest BCUT2D eigenvalue weighted by Crippen LogP contribution is 2.28. The summed E-state index contributed by atoms with van der Waals surface area (Å²) in [4.78, 5) is 10.7. The van der Waals surface area contributed by atoms with E-state index < -0.39 is 36.1 Å². The van der Waals surface area contributed by atoms with Crippen molar-refractivity contribution < 1.29 is 32.9 Å². The molecule has 1 fully saturated rings. The number of carbonyl (C=O) groups is 1. The summed E-state index contributed by atoms with van der Waals surface area (Å²) in [5.74, 6) is -2.12. The third-order valence-electron chi connectivity index (χ3n) is 2.39. The van der Waals surface area contributed by atoms with E-state index in [2.05, 4.69) is 0 Å². The molecule has 1 saturated heterocycles. The van der Waals surface area contributed by atoms with Crippen LogP contribution in [-0.4, -0.2) is 46.3 Å². The van der Waals surface area contributed by atoms with Gasteiger partial charge in [-0.05, 0) is 13.8 Å². The number of aliphatic hydroxyl groups excluding tert-OH is 1. The molecule has 3 N–H and O–H groups in total. The summed E-state index contributed by atoms with van der Waals surface area (Å²) in [7, 11) is 0. The van der Waals surface area contributed by atoms with Gasteiger partial charge in [-0.2, -0.15) is 13.2 Å². The van der Waals surface area contributed by atoms with E-state index in [0.29, 0.717) is 0 Å². The quantitative estimate of drug-likeness (QED) is 0.646. The minimum atomic E-state index is -5.00. The van der Waals surface area contributed by atoms with Crippen molar-refractivity contribution in [3.05, 3.63) is 0 Å². The second kappa shape index (κ2) is 4.43. The minimum Gasteiger partial charge on any atom is -0.388 e. The fraction of sp³-hybridized carbons (Fsp3) is 0.889. The van der Waals surface area contributed by atoms with Crippen LogP contribution in [0.2, 0.25) is 0 Å². The average molecular weight is 257 g/mol. The molecule has 1 aliphatic rings. The molecule has 0 radical (unpaired) electrons. The van der Waals surface area contributed by atoms with Crippen LogP contribution in [0.15, 0.2) is 0 Å². The molecule has 0 unspecified atom stereocenters. The molecule has 0 spiro atoms. The standard InChI is InChI=1S/C9H14F3NO4/c1-8(2,16)6-4(3-5(14)17-6)13-7(15)9(10,11)12/h4-6,14,16H,3H2,1-2H3,(H,13,15)/t4-,5+,6+/m0/s1. The maximum atomic E-state index is 12.0. The second-order valence-corrected chi connectivity index (χ2v) is 4.48. The topological polar surface area (TPSA) is 78.8 Å². The van der Waals surface area contributed by atoms with E-state index in [1.54, 1.807) is 5.32 Å². The summed E-state index contributed by atoms with van der Waals surface area (Å²) in [5, 5.41) is 20.5. The van der Waals surface area contributed by atoms with E-state index in [1.807, 2.05) is 0 Å². The van der Waals surface area contributed by atoms with Gasteiger partial charge in [-0.15, -0.1) is 0 Å². The third kappa shape index (κ3) is 3.55. The van der Waals surface area contributed by atoms with Gasteiger partial charge >= 0.3 is 12.1 Å². The zero-order valence-electron chi connectivity index (χ0n) is 9.28. The molecule has 5 nitrogen and oxygen atoms in total. The normalized spacial score (nSPS) is 30.4. The van der Waals surface area contributed by atoms with Gasteiger partial charge in [-0.1, -0.05) is 0 Å². The second-order valence-electron chi connectivity index (χ2n) is 4.48. The molecule has 0 aromatic rings. The van der Waals surface area contributed by atoms with E-state index in [9.17, 15) is 28.2 Å². The fourth-order valence-corrected chi connectivity index (χ4v) is 1.70. The van der Waals surface area contributed by atoms with Crippen molar-refractivity contribution in [2.45, 2.75) is 50.5 Å². The number of amides is 1. The largest absolute Gasteiger partial charge is 0.471 e. The van der Waals surface area contributed by atoms with Gasteiger partial charge in [0.1, 0.15) is 6.10 Å². The summed E-state index contributed by atoms with van der Waals surface area (Å²) in [5.41, 5.74) is -1.47. The van der Waals surface area contributed by atoms with Gasteiger partial charge in [0.05, 0.1) is 11.6 Å². The summed E-state index contributed by atoms with van der Waals surface area (Å²) in [6.07, 6.45) is -7.59. The number of ether oxygens (including phenoxy) is 1. The van der Waals surface area contributed by atoms with Crippen molar-refractivity contribution in [1.82, 2.24) is 5.32 Å². The predicted octanol–water partition coefficient (Wildman–Crippen LogP) is -0.0883. The monoisotopic (exact) mass is 257 g/mol. The van der Waals surface area contributed by atoms with Crippen LogP contribution in [0.5, 0.6) is 0 Å². The van der Waals surface area contributed by atoms with Gasteiger partial charge in [0.2, 0.25) is 0 Å². The minimum absolute atomic E-state index is 0.198. The van der Waals surface area contributed by atoms with Gasteiger partial charge in [-0.3, -0.25) is 4.79 Å². The van der Waals surface area contributed by atoms with Crippen molar-refractivity contribution >= 4 is 5.91 Å². The Morgan fingerprint density at radius 3 is 2.35 bits per heavy atom. The number of nitrogens with one attached hydrogen (secondary N) is 1. The number of hydrogen-bond acceptors (Lipinski definition) is 4. The molecule has 8 heteroatoms. The summed E-state index contributed by atoms with van der Waals surface area (Å²) >= 11 is 0. The highest BCUT2D eigenvalue weighted by atomic mass is 19.4. The number of rotatable bonds is 2. The van der Waals surface area contributed by atoms with Crippen LogP contribution in [0.4, 0.5) is 13.2 Å². The van der Waals surface area contributed by atoms with Crippen LogP contribution in [-0.2, 0) is 9.53 Å². The molecule has 1 heterocycles. The number of halogens is 3. The lowest BCUT2D eigenvalue weighted by Crippen LogP contribution is -2.53. The molecule has 17 heavy (non-hydrogen) atoms. The van der Waals surface area contributed by atoms with Gasteiger partial charge < -0.3 is 20.3 Å². The van der Waals surface area contributed by atoms with Crippen LogP contribution in [0.1, 0.15) is 20.3 Å². The lowest BCUT2D eigenvalue weighted by molar-refractivity contribution is -0.176. The summed E-state index contributed by atoms with van der Waals surface area (Å²) in [6.45, 7) is 2.64. The first-order valence-electron chi connectivity index (χ1n) is 4.95. The number of alkyl halides is 3. The van der Waals surface area contributed by atoms with Crippen molar-refractivity contribution in [3.8, 4) is 0 Å². The van der Waals surface area contributed by atoms with Crippen LogP contribution in [0.25, 0.3) is 0 Å². The predicted molar refractivity (Wildman–Crippen MR) is 49.8 cm³/mol. The van der Waals surface area contributed by atoms with Gasteiger partial charge in [0, 0.05) is 6.42 Å². The molecule has 0 bridgehead atoms. The molecule has 3 atom stereocenters. The van der Waals surface area contributed by atoms with Crippen molar-refractivity contribution in [2.24, 2.45) is 0 Å². The van der Waals surface area contributed by atoms with Crippen molar-refractivity contribution in [3.63, 3.8) is 0 Å². The molecule has 0 aromatic heterocycles. The molecule has 100 valence electrons. The molecule has 1 amide bonds. The highest BCUT2D eigenvalue weighted by molar-refractivity contribution is 5.82. The Balaban J connectivity index is 2.73. The van der Waals surface area contributed by atoms with Crippen molar-refractivity contribution in [1.29, 1.82) is 0 Å². The molecular weight excluding hydrogens is 243 g/mol. The zero-order chi connectivity index (χ0) is 13.4. The van der Waals surface area contributed by atoms with Gasteiger partial charge in [0.15, 0.2) is 6.29 Å². The van der Waals surface area contributed by atoms with Gasteiger partial charge in [0.25, 0.3) is 0 Å². The number of carbonyl (C=O) groups excluding carboxylic acids is 1. The maximum absolute atomic E-state index is 12.0. The maximum Gasteiger partial charge on any atom is 0.471 e. The molecular formula is C9H14F3NO4. The lowest BCUT2D eigenvalue weighted by atomic mass is 9.95. The van der Waals surface area contributed by atoms with E-state index >= 15 is 0 Å². The Kier molecular flexibility index (Phi) is 3.70. The van der Waals surface area contributed by atoms with E-state index in [4.69, 9.17) is 4.74 Å². The van der Waals surface area contributed by atoms with Crippen LogP contribution < -0.4 is 5.32 Å². The fourth-order valence-electron chi connectivity index (χ4n) is 1.70. The van der Waals surface area contributed by atoms with Crippen LogP contribution in [0, 0.1) is 0 Å². The van der Waals surface area contributed by atoms with Crippen LogP contribution >= 0.6 is 0 Å². The van der Waals surface area contributed by atoms with Gasteiger partial charge in [-0.25, -0.2) is 0 Å². The number of aliphatic hydroxyl groups is 2. The zero-order valence-corrected chi connectivity index (χ0v) is 9.28. The first-order chi connectivity index (χ1) is 7.51. The Morgan fingerprint density at radius 1 is 1.41 bits per heavy atom. The van der Waals surface area contributed by atoms with E-state index in [-0.39, 0.29) is 6.42 Å². The molecule has 0 aliphatic carbocycles. The Bertz CT molecular complexity index is 300. The Labute approximate surface area is 95.6 Å². The Hall–Kier alpha value is -0.860. The first-order valence-corrected chi connectivity index (χ1v) is 4.95. The van der Waals surface area contributed by atoms with Crippen molar-refractivity contribution in [2.75, 3.05) is 0 Å². The molecule has 0 aromatic carbocycles. The first kappa shape index (κ1) is 14.2. The third-order valence-corrected chi connectivity index (χ3v) is 2.39. The summed E-state index contributed by atoms with van der Waals surface area (Å²) < 4.78 is 41.0. The van der Waals surface area contributed by atoms with Crippen LogP contribution in [0.3, 0.4) is 0 Å². The molecule has 1 aliphatic heterocycles. The molecule has 0 saturated carbocycles. The SMILES string of the molecule is CC(C)(O)[C@@H]1O[C@@H](O)C[C@@H]1NC(=O)C(F)(F)F. The summed E-state index contributed by atoms with van der Waals surface area (Å²) in [6, 6.07) is -1.08.